The Balaban J connectivity index is 2.53. The summed E-state index contributed by atoms with van der Waals surface area (Å²) < 4.78 is 5.88. The number of hydrazine groups is 1. The summed E-state index contributed by atoms with van der Waals surface area (Å²) in [6.07, 6.45) is 8.07. The molecule has 0 bridgehead atoms. The molecule has 15 heavy (non-hydrogen) atoms. The van der Waals surface area contributed by atoms with Gasteiger partial charge in [0.25, 0.3) is 0 Å². The Morgan fingerprint density at radius 2 is 1.93 bits per heavy atom. The molecular weight excluding hydrogens is 188 g/mol. The van der Waals surface area contributed by atoms with Gasteiger partial charge in [-0.05, 0) is 32.1 Å². The number of ether oxygens (including phenoxy) is 1. The lowest BCUT2D eigenvalue weighted by atomic mass is 9.82. The molecule has 0 spiro atoms. The first-order valence-electron chi connectivity index (χ1n) is 6.41. The minimum absolute atomic E-state index is 0.310. The molecule has 2 atom stereocenters. The summed E-state index contributed by atoms with van der Waals surface area (Å²) in [5.74, 6) is 6.30. The largest absolute Gasteiger partial charge is 0.377 e. The van der Waals surface area contributed by atoms with Crippen LogP contribution in [-0.2, 0) is 4.74 Å². The summed E-state index contributed by atoms with van der Waals surface area (Å²) in [6.45, 7) is 5.03. The minimum atomic E-state index is 0.310. The zero-order valence-corrected chi connectivity index (χ0v) is 10.2. The van der Waals surface area contributed by atoms with Crippen LogP contribution in [-0.4, -0.2) is 18.8 Å². The predicted octanol–water partition coefficient (Wildman–Crippen LogP) is 2.21. The maximum absolute atomic E-state index is 5.88. The Morgan fingerprint density at radius 1 is 1.27 bits per heavy atom. The predicted molar refractivity (Wildman–Crippen MR) is 63.4 cm³/mol. The van der Waals surface area contributed by atoms with E-state index in [1.807, 2.05) is 0 Å². The summed E-state index contributed by atoms with van der Waals surface area (Å²) >= 11 is 0. The summed E-state index contributed by atoms with van der Waals surface area (Å²) in [5, 5.41) is 0. The molecule has 0 aromatic carbocycles. The lowest BCUT2D eigenvalue weighted by Gasteiger charge is -2.34. The maximum Gasteiger partial charge on any atom is 0.0769 e. The van der Waals surface area contributed by atoms with Gasteiger partial charge in [0.15, 0.2) is 0 Å². The fourth-order valence-electron chi connectivity index (χ4n) is 2.68. The topological polar surface area (TPSA) is 47.3 Å². The zero-order valence-electron chi connectivity index (χ0n) is 10.2. The van der Waals surface area contributed by atoms with Crippen molar-refractivity contribution in [2.75, 3.05) is 6.61 Å². The normalized spacial score (nSPS) is 22.6. The first-order chi connectivity index (χ1) is 7.33. The molecule has 0 amide bonds. The highest BCUT2D eigenvalue weighted by atomic mass is 16.5. The highest BCUT2D eigenvalue weighted by molar-refractivity contribution is 4.83. The number of hydrogen-bond acceptors (Lipinski definition) is 3. The molecule has 1 aliphatic carbocycles. The monoisotopic (exact) mass is 214 g/mol. The molecule has 3 heteroatoms. The van der Waals surface area contributed by atoms with Crippen molar-refractivity contribution in [3.63, 3.8) is 0 Å². The van der Waals surface area contributed by atoms with Crippen LogP contribution in [0.25, 0.3) is 0 Å². The van der Waals surface area contributed by atoms with Crippen LogP contribution in [0.1, 0.15) is 52.4 Å². The summed E-state index contributed by atoms with van der Waals surface area (Å²) in [4.78, 5) is 0. The van der Waals surface area contributed by atoms with Gasteiger partial charge in [0.2, 0.25) is 0 Å². The molecule has 0 heterocycles. The Labute approximate surface area is 93.7 Å². The molecule has 0 aromatic rings. The smallest absolute Gasteiger partial charge is 0.0769 e. The van der Waals surface area contributed by atoms with Crippen molar-refractivity contribution in [1.29, 1.82) is 0 Å². The number of rotatable bonds is 6. The third kappa shape index (κ3) is 3.74. The quantitative estimate of drug-likeness (QED) is 0.526. The van der Waals surface area contributed by atoms with E-state index in [0.29, 0.717) is 18.1 Å². The molecule has 90 valence electrons. The lowest BCUT2D eigenvalue weighted by molar-refractivity contribution is -0.0183. The second kappa shape index (κ2) is 7.20. The van der Waals surface area contributed by atoms with Crippen LogP contribution in [0.4, 0.5) is 0 Å². The van der Waals surface area contributed by atoms with E-state index in [1.54, 1.807) is 0 Å². The average Bonchev–Trinajstić information content (AvgIpc) is 2.30. The van der Waals surface area contributed by atoms with Gasteiger partial charge < -0.3 is 4.74 Å². The van der Waals surface area contributed by atoms with Gasteiger partial charge in [-0.1, -0.05) is 26.2 Å². The van der Waals surface area contributed by atoms with Crippen molar-refractivity contribution in [2.24, 2.45) is 11.8 Å². The third-order valence-corrected chi connectivity index (χ3v) is 3.52. The van der Waals surface area contributed by atoms with E-state index in [4.69, 9.17) is 10.6 Å². The van der Waals surface area contributed by atoms with E-state index in [2.05, 4.69) is 19.3 Å². The van der Waals surface area contributed by atoms with Crippen molar-refractivity contribution < 1.29 is 4.74 Å². The molecule has 1 saturated carbocycles. The van der Waals surface area contributed by atoms with Crippen molar-refractivity contribution in [2.45, 2.75) is 64.5 Å². The molecule has 0 aromatic heterocycles. The summed E-state index contributed by atoms with van der Waals surface area (Å²) in [7, 11) is 0. The number of hydrogen-bond donors (Lipinski definition) is 2. The van der Waals surface area contributed by atoms with Gasteiger partial charge in [0.1, 0.15) is 0 Å². The van der Waals surface area contributed by atoms with E-state index in [0.717, 1.165) is 13.0 Å². The number of nitrogens with one attached hydrogen (secondary N) is 1. The molecule has 3 nitrogen and oxygen atoms in total. The Bertz CT molecular complexity index is 154. The van der Waals surface area contributed by atoms with E-state index >= 15 is 0 Å². The zero-order chi connectivity index (χ0) is 11.1. The van der Waals surface area contributed by atoms with E-state index in [-0.39, 0.29) is 0 Å². The number of nitrogens with two attached hydrogens (primary N) is 1. The fraction of sp³-hybridized carbons (Fsp3) is 1.00. The van der Waals surface area contributed by atoms with Crippen LogP contribution in [0.5, 0.6) is 0 Å². The van der Waals surface area contributed by atoms with Crippen LogP contribution in [0.3, 0.4) is 0 Å². The Morgan fingerprint density at radius 3 is 2.40 bits per heavy atom. The van der Waals surface area contributed by atoms with Gasteiger partial charge in [0.05, 0.1) is 6.10 Å². The Hall–Kier alpha value is -0.120. The summed E-state index contributed by atoms with van der Waals surface area (Å²) in [5.41, 5.74) is 2.91. The van der Waals surface area contributed by atoms with Crippen LogP contribution < -0.4 is 11.3 Å². The third-order valence-electron chi connectivity index (χ3n) is 3.52. The highest BCUT2D eigenvalue weighted by Crippen LogP contribution is 2.30. The van der Waals surface area contributed by atoms with Crippen molar-refractivity contribution in [3.05, 3.63) is 0 Å². The van der Waals surface area contributed by atoms with Gasteiger partial charge in [-0.3, -0.25) is 11.3 Å². The standard InChI is InChI=1S/C12H26N2O/c1-3-11(14-13)12(15-4-2)10-8-6-5-7-9-10/h10-12,14H,3-9,13H2,1-2H3. The first-order valence-corrected chi connectivity index (χ1v) is 6.41. The Kier molecular flexibility index (Phi) is 6.22. The average molecular weight is 214 g/mol. The van der Waals surface area contributed by atoms with Crippen LogP contribution in [0.2, 0.25) is 0 Å². The van der Waals surface area contributed by atoms with Crippen LogP contribution in [0.15, 0.2) is 0 Å². The van der Waals surface area contributed by atoms with Gasteiger partial charge >= 0.3 is 0 Å². The van der Waals surface area contributed by atoms with Crippen LogP contribution in [0, 0.1) is 5.92 Å². The first kappa shape index (κ1) is 12.9. The minimum Gasteiger partial charge on any atom is -0.377 e. The summed E-state index contributed by atoms with van der Waals surface area (Å²) in [6, 6.07) is 0.313. The second-order valence-corrected chi connectivity index (χ2v) is 4.50. The van der Waals surface area contributed by atoms with Gasteiger partial charge in [-0.25, -0.2) is 0 Å². The molecule has 0 saturated heterocycles. The van der Waals surface area contributed by atoms with E-state index < -0.39 is 0 Å². The molecule has 1 rings (SSSR count). The van der Waals surface area contributed by atoms with Crippen molar-refractivity contribution >= 4 is 0 Å². The second-order valence-electron chi connectivity index (χ2n) is 4.50. The maximum atomic E-state index is 5.88. The van der Waals surface area contributed by atoms with Crippen molar-refractivity contribution in [3.8, 4) is 0 Å². The van der Waals surface area contributed by atoms with Gasteiger partial charge in [-0.2, -0.15) is 0 Å². The SMILES string of the molecule is CCOC(C1CCCCC1)C(CC)NN. The molecule has 3 N–H and O–H groups in total. The van der Waals surface area contributed by atoms with Crippen molar-refractivity contribution in [1.82, 2.24) is 5.43 Å². The van der Waals surface area contributed by atoms with E-state index in [1.165, 1.54) is 32.1 Å². The molecule has 2 unspecified atom stereocenters. The molecule has 0 radical (unpaired) electrons. The fourth-order valence-corrected chi connectivity index (χ4v) is 2.68. The molecular formula is C12H26N2O. The van der Waals surface area contributed by atoms with Gasteiger partial charge in [0, 0.05) is 12.6 Å². The molecule has 0 aliphatic heterocycles. The lowest BCUT2D eigenvalue weighted by Crippen LogP contribution is -2.48. The van der Waals surface area contributed by atoms with Crippen LogP contribution >= 0.6 is 0 Å². The molecule has 1 aliphatic rings. The van der Waals surface area contributed by atoms with E-state index in [9.17, 15) is 0 Å². The molecule has 1 fully saturated rings. The van der Waals surface area contributed by atoms with Gasteiger partial charge in [-0.15, -0.1) is 0 Å². The highest BCUT2D eigenvalue weighted by Gasteiger charge is 2.29.